The van der Waals surface area contributed by atoms with Crippen molar-refractivity contribution in [2.24, 2.45) is 11.7 Å². The Morgan fingerprint density at radius 2 is 1.69 bits per heavy atom. The minimum absolute atomic E-state index is 0.0704. The SMILES string of the molecule is COC(=O)N(C)C1CCC(CC(=O)Nc2cc(-c3ccccc3)c(-c3ccc(C4(N)CCC4)cc3)nn2)CC1. The molecule has 5 rings (SSSR count). The first kappa shape index (κ1) is 26.8. The number of benzene rings is 2. The van der Waals surface area contributed by atoms with Crippen LogP contribution in [0.15, 0.2) is 60.7 Å². The number of nitrogens with two attached hydrogens (primary N) is 1. The number of methoxy groups -OCH3 is 1. The Labute approximate surface area is 230 Å². The third-order valence-corrected chi connectivity index (χ3v) is 8.43. The molecule has 3 N–H and O–H groups in total. The highest BCUT2D eigenvalue weighted by atomic mass is 16.5. The average Bonchev–Trinajstić information content (AvgIpc) is 2.96. The first-order chi connectivity index (χ1) is 18.9. The van der Waals surface area contributed by atoms with Gasteiger partial charge in [0.25, 0.3) is 0 Å². The summed E-state index contributed by atoms with van der Waals surface area (Å²) in [6.45, 7) is 0. The highest BCUT2D eigenvalue weighted by Gasteiger charge is 2.34. The number of hydrogen-bond donors (Lipinski definition) is 2. The van der Waals surface area contributed by atoms with Crippen LogP contribution in [0.2, 0.25) is 0 Å². The quantitative estimate of drug-likeness (QED) is 0.406. The van der Waals surface area contributed by atoms with E-state index < -0.39 is 0 Å². The van der Waals surface area contributed by atoms with E-state index in [9.17, 15) is 9.59 Å². The van der Waals surface area contributed by atoms with Crippen LogP contribution in [0.1, 0.15) is 56.9 Å². The van der Waals surface area contributed by atoms with E-state index in [-0.39, 0.29) is 29.5 Å². The molecule has 0 saturated heterocycles. The number of anilines is 1. The predicted molar refractivity (Wildman–Crippen MR) is 152 cm³/mol. The number of nitrogens with zero attached hydrogens (tertiary/aromatic N) is 3. The molecular formula is C31H37N5O3. The highest BCUT2D eigenvalue weighted by Crippen LogP contribution is 2.40. The average molecular weight is 528 g/mol. The van der Waals surface area contributed by atoms with Crippen molar-refractivity contribution in [3.05, 3.63) is 66.2 Å². The van der Waals surface area contributed by atoms with Crippen LogP contribution >= 0.6 is 0 Å². The van der Waals surface area contributed by atoms with Crippen molar-refractivity contribution >= 4 is 17.8 Å². The van der Waals surface area contributed by atoms with Gasteiger partial charge < -0.3 is 20.7 Å². The Morgan fingerprint density at radius 3 is 2.31 bits per heavy atom. The lowest BCUT2D eigenvalue weighted by atomic mass is 9.72. The van der Waals surface area contributed by atoms with Crippen molar-refractivity contribution in [1.29, 1.82) is 0 Å². The topological polar surface area (TPSA) is 110 Å². The summed E-state index contributed by atoms with van der Waals surface area (Å²) in [6, 6.07) is 20.4. The molecule has 2 saturated carbocycles. The minimum atomic E-state index is -0.315. The molecule has 39 heavy (non-hydrogen) atoms. The molecule has 0 radical (unpaired) electrons. The Bertz CT molecular complexity index is 1300. The van der Waals surface area contributed by atoms with Crippen LogP contribution < -0.4 is 11.1 Å². The van der Waals surface area contributed by atoms with Gasteiger partial charge in [-0.3, -0.25) is 4.79 Å². The number of hydrogen-bond acceptors (Lipinski definition) is 6. The van der Waals surface area contributed by atoms with E-state index >= 15 is 0 Å². The van der Waals surface area contributed by atoms with Crippen molar-refractivity contribution in [2.75, 3.05) is 19.5 Å². The summed E-state index contributed by atoms with van der Waals surface area (Å²) in [6.07, 6.45) is 6.80. The molecule has 3 aromatic rings. The maximum atomic E-state index is 12.9. The second-order valence-electron chi connectivity index (χ2n) is 11.0. The van der Waals surface area contributed by atoms with Crippen LogP contribution in [0.25, 0.3) is 22.4 Å². The number of rotatable bonds is 7. The lowest BCUT2D eigenvalue weighted by Crippen LogP contribution is -2.43. The van der Waals surface area contributed by atoms with E-state index in [4.69, 9.17) is 10.5 Å². The molecule has 8 heteroatoms. The van der Waals surface area contributed by atoms with Gasteiger partial charge in [0.2, 0.25) is 5.91 Å². The summed E-state index contributed by atoms with van der Waals surface area (Å²) in [4.78, 5) is 26.4. The summed E-state index contributed by atoms with van der Waals surface area (Å²) >= 11 is 0. The monoisotopic (exact) mass is 527 g/mol. The molecule has 0 spiro atoms. The fourth-order valence-electron chi connectivity index (χ4n) is 5.80. The van der Waals surface area contributed by atoms with Gasteiger partial charge >= 0.3 is 6.09 Å². The van der Waals surface area contributed by atoms with E-state index in [2.05, 4.69) is 39.8 Å². The molecule has 1 heterocycles. The summed E-state index contributed by atoms with van der Waals surface area (Å²) in [5.41, 5.74) is 11.1. The van der Waals surface area contributed by atoms with Crippen molar-refractivity contribution < 1.29 is 14.3 Å². The summed E-state index contributed by atoms with van der Waals surface area (Å²) in [7, 11) is 3.17. The largest absolute Gasteiger partial charge is 0.453 e. The zero-order valence-corrected chi connectivity index (χ0v) is 22.7. The van der Waals surface area contributed by atoms with E-state index in [1.165, 1.54) is 13.5 Å². The normalized spacial score (nSPS) is 20.0. The maximum absolute atomic E-state index is 12.9. The Morgan fingerprint density at radius 1 is 1.00 bits per heavy atom. The molecule has 2 fully saturated rings. The van der Waals surface area contributed by atoms with Crippen LogP contribution in [-0.2, 0) is 15.1 Å². The van der Waals surface area contributed by atoms with Gasteiger partial charge in [-0.2, -0.15) is 0 Å². The smallest absolute Gasteiger partial charge is 0.409 e. The Balaban J connectivity index is 1.28. The molecule has 1 aromatic heterocycles. The molecule has 2 aromatic carbocycles. The van der Waals surface area contributed by atoms with E-state index in [0.29, 0.717) is 12.2 Å². The number of aromatic nitrogens is 2. The molecule has 2 aliphatic rings. The summed E-state index contributed by atoms with van der Waals surface area (Å²) in [5, 5.41) is 11.9. The van der Waals surface area contributed by atoms with Crippen LogP contribution in [0, 0.1) is 5.92 Å². The zero-order valence-electron chi connectivity index (χ0n) is 22.7. The first-order valence-corrected chi connectivity index (χ1v) is 13.8. The fourth-order valence-corrected chi connectivity index (χ4v) is 5.80. The minimum Gasteiger partial charge on any atom is -0.453 e. The second-order valence-corrected chi connectivity index (χ2v) is 11.0. The molecule has 204 valence electrons. The van der Waals surface area contributed by atoms with Gasteiger partial charge in [-0.05, 0) is 68.1 Å². The Hall–Kier alpha value is -3.78. The maximum Gasteiger partial charge on any atom is 0.409 e. The number of ether oxygens (including phenoxy) is 1. The molecule has 0 aliphatic heterocycles. The molecule has 0 unspecified atom stereocenters. The lowest BCUT2D eigenvalue weighted by molar-refractivity contribution is -0.117. The third-order valence-electron chi connectivity index (χ3n) is 8.43. The molecule has 0 bridgehead atoms. The molecular weight excluding hydrogens is 490 g/mol. The van der Waals surface area contributed by atoms with Gasteiger partial charge in [0, 0.05) is 36.2 Å². The molecule has 2 amide bonds. The number of nitrogens with one attached hydrogen (secondary N) is 1. The van der Waals surface area contributed by atoms with Gasteiger partial charge in [0.05, 0.1) is 7.11 Å². The summed E-state index contributed by atoms with van der Waals surface area (Å²) in [5.74, 6) is 0.640. The standard InChI is InChI=1S/C31H37N5O3/c1-36(30(38)39-2)25-15-9-21(10-16-25)19-28(37)33-27-20-26(22-7-4-3-5-8-22)29(35-34-27)23-11-13-24(14-12-23)31(32)17-6-18-31/h3-5,7-8,11-14,20-21,25H,6,9-10,15-19,32H2,1-2H3,(H,33,34,37). The van der Waals surface area contributed by atoms with E-state index in [0.717, 1.165) is 66.5 Å². The lowest BCUT2D eigenvalue weighted by Gasteiger charge is -2.38. The van der Waals surface area contributed by atoms with Crippen LogP contribution in [0.5, 0.6) is 0 Å². The van der Waals surface area contributed by atoms with Crippen molar-refractivity contribution in [2.45, 2.75) is 62.9 Å². The van der Waals surface area contributed by atoms with Crippen LogP contribution in [0.4, 0.5) is 10.6 Å². The van der Waals surface area contributed by atoms with Crippen LogP contribution in [0.3, 0.4) is 0 Å². The van der Waals surface area contributed by atoms with Crippen LogP contribution in [-0.4, -0.2) is 47.3 Å². The van der Waals surface area contributed by atoms with Gasteiger partial charge in [-0.15, -0.1) is 10.2 Å². The van der Waals surface area contributed by atoms with Gasteiger partial charge in [-0.1, -0.05) is 54.6 Å². The van der Waals surface area contributed by atoms with Gasteiger partial charge in [0.1, 0.15) is 5.69 Å². The molecule has 8 nitrogen and oxygen atoms in total. The van der Waals surface area contributed by atoms with E-state index in [1.807, 2.05) is 36.4 Å². The number of carbonyl (C=O) groups is 2. The van der Waals surface area contributed by atoms with Crippen molar-refractivity contribution in [3.63, 3.8) is 0 Å². The summed E-state index contributed by atoms with van der Waals surface area (Å²) < 4.78 is 4.83. The number of carbonyl (C=O) groups excluding carboxylic acids is 2. The molecule has 2 aliphatic carbocycles. The Kier molecular flexibility index (Phi) is 7.93. The van der Waals surface area contributed by atoms with Gasteiger partial charge in [-0.25, -0.2) is 4.79 Å². The highest BCUT2D eigenvalue weighted by molar-refractivity contribution is 5.91. The number of amides is 2. The first-order valence-electron chi connectivity index (χ1n) is 13.8. The fraction of sp³-hybridized carbons (Fsp3) is 0.419. The van der Waals surface area contributed by atoms with E-state index in [1.54, 1.807) is 11.9 Å². The predicted octanol–water partition coefficient (Wildman–Crippen LogP) is 5.73. The van der Waals surface area contributed by atoms with Gasteiger partial charge in [0.15, 0.2) is 5.82 Å². The third kappa shape index (κ3) is 5.96. The van der Waals surface area contributed by atoms with Crippen molar-refractivity contribution in [3.8, 4) is 22.4 Å². The molecule has 0 atom stereocenters. The van der Waals surface area contributed by atoms with Crippen molar-refractivity contribution in [1.82, 2.24) is 15.1 Å². The second kappa shape index (κ2) is 11.5. The zero-order chi connectivity index (χ0) is 27.4.